The van der Waals surface area contributed by atoms with Crippen LogP contribution in [0, 0.1) is 17.5 Å². The van der Waals surface area contributed by atoms with Gasteiger partial charge in [-0.1, -0.05) is 43.7 Å². The van der Waals surface area contributed by atoms with Gasteiger partial charge in [-0.05, 0) is 12.0 Å². The third kappa shape index (κ3) is 5.68. The summed E-state index contributed by atoms with van der Waals surface area (Å²) in [5.74, 6) is -4.96. The van der Waals surface area contributed by atoms with Crippen molar-refractivity contribution >= 4 is 11.8 Å². The van der Waals surface area contributed by atoms with Crippen molar-refractivity contribution in [2.75, 3.05) is 13.1 Å². The normalized spacial score (nSPS) is 12.9. The Balaban J connectivity index is 1.67. The van der Waals surface area contributed by atoms with Crippen molar-refractivity contribution in [3.63, 3.8) is 0 Å². The first kappa shape index (κ1) is 26.0. The average molecular weight is 514 g/mol. The van der Waals surface area contributed by atoms with Crippen LogP contribution in [0.2, 0.25) is 0 Å². The van der Waals surface area contributed by atoms with Gasteiger partial charge in [0.05, 0.1) is 0 Å². The Kier molecular flexibility index (Phi) is 7.95. The highest BCUT2D eigenvalue weighted by Gasteiger charge is 2.31. The summed E-state index contributed by atoms with van der Waals surface area (Å²) in [6.07, 6.45) is 2.95. The standard InChI is InChI=1S/C27H26F3N3O4/c1-2-3-9-32-10-11-33-15-20(26(35)31-14-19-21(29)12-18(28)13-22(19)30)24(34)25(23(33)27(32)36)37-16-17-7-5-4-6-8-17/h4-8,12-13,15H,2-3,9-11,14,16H2,1H3,(H,31,35). The van der Waals surface area contributed by atoms with Crippen LogP contribution in [0.3, 0.4) is 0 Å². The molecule has 0 radical (unpaired) electrons. The zero-order valence-electron chi connectivity index (χ0n) is 20.2. The Bertz CT molecular complexity index is 1350. The van der Waals surface area contributed by atoms with Gasteiger partial charge in [0.1, 0.15) is 29.6 Å². The Morgan fingerprint density at radius 3 is 2.43 bits per heavy atom. The van der Waals surface area contributed by atoms with Crippen LogP contribution in [0.5, 0.6) is 5.75 Å². The number of halogens is 3. The van der Waals surface area contributed by atoms with E-state index in [9.17, 15) is 27.6 Å². The van der Waals surface area contributed by atoms with Crippen LogP contribution >= 0.6 is 0 Å². The molecule has 0 unspecified atom stereocenters. The second-order valence-corrected chi connectivity index (χ2v) is 8.69. The first-order chi connectivity index (χ1) is 17.8. The van der Waals surface area contributed by atoms with E-state index in [-0.39, 0.29) is 29.5 Å². The van der Waals surface area contributed by atoms with E-state index in [1.165, 1.54) is 10.8 Å². The molecule has 1 aliphatic heterocycles. The van der Waals surface area contributed by atoms with Crippen LogP contribution in [0.25, 0.3) is 0 Å². The van der Waals surface area contributed by atoms with Gasteiger partial charge in [-0.3, -0.25) is 14.4 Å². The molecule has 2 heterocycles. The number of carbonyl (C=O) groups is 2. The van der Waals surface area contributed by atoms with Gasteiger partial charge in [0.2, 0.25) is 5.43 Å². The van der Waals surface area contributed by atoms with Crippen molar-refractivity contribution < 1.29 is 27.5 Å². The van der Waals surface area contributed by atoms with Gasteiger partial charge in [-0.25, -0.2) is 13.2 Å². The van der Waals surface area contributed by atoms with E-state index >= 15 is 0 Å². The lowest BCUT2D eigenvalue weighted by molar-refractivity contribution is 0.0690. The number of fused-ring (bicyclic) bond motifs is 1. The molecule has 0 atom stereocenters. The number of nitrogens with zero attached hydrogens (tertiary/aromatic N) is 2. The molecule has 10 heteroatoms. The number of hydrogen-bond donors (Lipinski definition) is 1. The molecule has 0 spiro atoms. The number of unbranched alkanes of at least 4 members (excludes halogenated alkanes) is 1. The second-order valence-electron chi connectivity index (χ2n) is 8.69. The van der Waals surface area contributed by atoms with Crippen molar-refractivity contribution in [3.05, 3.63) is 98.7 Å². The first-order valence-electron chi connectivity index (χ1n) is 11.9. The minimum absolute atomic E-state index is 0.0115. The molecule has 0 aliphatic carbocycles. The molecule has 0 saturated heterocycles. The van der Waals surface area contributed by atoms with E-state index < -0.39 is 40.9 Å². The van der Waals surface area contributed by atoms with Crippen LogP contribution in [-0.4, -0.2) is 34.4 Å². The van der Waals surface area contributed by atoms with Crippen molar-refractivity contribution in [1.82, 2.24) is 14.8 Å². The summed E-state index contributed by atoms with van der Waals surface area (Å²) >= 11 is 0. The molecule has 0 saturated carbocycles. The number of hydrogen-bond acceptors (Lipinski definition) is 4. The summed E-state index contributed by atoms with van der Waals surface area (Å²) in [5, 5.41) is 2.31. The maximum atomic E-state index is 14.0. The smallest absolute Gasteiger partial charge is 0.274 e. The van der Waals surface area contributed by atoms with E-state index in [4.69, 9.17) is 4.74 Å². The summed E-state index contributed by atoms with van der Waals surface area (Å²) < 4.78 is 48.5. The zero-order chi connectivity index (χ0) is 26.5. The fourth-order valence-corrected chi connectivity index (χ4v) is 4.11. The molecule has 0 bridgehead atoms. The Morgan fingerprint density at radius 2 is 1.76 bits per heavy atom. The lowest BCUT2D eigenvalue weighted by atomic mass is 10.1. The van der Waals surface area contributed by atoms with Crippen molar-refractivity contribution in [3.8, 4) is 5.75 Å². The number of pyridine rings is 1. The largest absolute Gasteiger partial charge is 0.483 e. The number of nitrogens with one attached hydrogen (secondary N) is 1. The third-order valence-electron chi connectivity index (χ3n) is 6.12. The number of aromatic nitrogens is 1. The van der Waals surface area contributed by atoms with Crippen LogP contribution < -0.4 is 15.5 Å². The molecular formula is C27H26F3N3O4. The topological polar surface area (TPSA) is 80.6 Å². The molecule has 2 aromatic carbocycles. The summed E-state index contributed by atoms with van der Waals surface area (Å²) in [6, 6.07) is 10.0. The zero-order valence-corrected chi connectivity index (χ0v) is 20.2. The highest BCUT2D eigenvalue weighted by atomic mass is 19.1. The molecule has 3 aromatic rings. The van der Waals surface area contributed by atoms with Gasteiger partial charge in [0.25, 0.3) is 11.8 Å². The van der Waals surface area contributed by atoms with Crippen molar-refractivity contribution in [1.29, 1.82) is 0 Å². The predicted molar refractivity (Wildman–Crippen MR) is 130 cm³/mol. The van der Waals surface area contributed by atoms with Gasteiger partial charge >= 0.3 is 0 Å². The van der Waals surface area contributed by atoms with E-state index in [1.54, 1.807) is 29.2 Å². The van der Waals surface area contributed by atoms with Crippen LogP contribution in [0.15, 0.2) is 53.5 Å². The van der Waals surface area contributed by atoms with E-state index in [1.807, 2.05) is 13.0 Å². The maximum Gasteiger partial charge on any atom is 0.274 e. The van der Waals surface area contributed by atoms with Gasteiger partial charge in [-0.2, -0.15) is 0 Å². The third-order valence-corrected chi connectivity index (χ3v) is 6.12. The molecule has 37 heavy (non-hydrogen) atoms. The Labute approximate surface area is 211 Å². The van der Waals surface area contributed by atoms with E-state index in [2.05, 4.69) is 5.32 Å². The summed E-state index contributed by atoms with van der Waals surface area (Å²) in [4.78, 5) is 41.2. The monoisotopic (exact) mass is 513 g/mol. The minimum atomic E-state index is -1.16. The number of rotatable bonds is 9. The van der Waals surface area contributed by atoms with Crippen LogP contribution in [0.4, 0.5) is 13.2 Å². The maximum absolute atomic E-state index is 14.0. The molecule has 4 rings (SSSR count). The summed E-state index contributed by atoms with van der Waals surface area (Å²) in [7, 11) is 0. The lowest BCUT2D eigenvalue weighted by Gasteiger charge is -2.31. The number of benzene rings is 2. The number of carbonyl (C=O) groups excluding carboxylic acids is 2. The molecule has 1 aliphatic rings. The van der Waals surface area contributed by atoms with Gasteiger partial charge in [0, 0.05) is 50.1 Å². The van der Waals surface area contributed by atoms with E-state index in [0.29, 0.717) is 31.8 Å². The average Bonchev–Trinajstić information content (AvgIpc) is 2.87. The van der Waals surface area contributed by atoms with Crippen LogP contribution in [-0.2, 0) is 19.7 Å². The van der Waals surface area contributed by atoms with E-state index in [0.717, 1.165) is 18.4 Å². The van der Waals surface area contributed by atoms with Crippen LogP contribution in [0.1, 0.15) is 51.7 Å². The molecule has 0 fully saturated rings. The van der Waals surface area contributed by atoms with Crippen molar-refractivity contribution in [2.24, 2.45) is 0 Å². The predicted octanol–water partition coefficient (Wildman–Crippen LogP) is 4.03. The summed E-state index contributed by atoms with van der Waals surface area (Å²) in [6.45, 7) is 2.63. The highest BCUT2D eigenvalue weighted by molar-refractivity contribution is 5.99. The molecule has 7 nitrogen and oxygen atoms in total. The molecule has 1 aromatic heterocycles. The Morgan fingerprint density at radius 1 is 1.05 bits per heavy atom. The summed E-state index contributed by atoms with van der Waals surface area (Å²) in [5.41, 5.74) is -0.899. The van der Waals surface area contributed by atoms with Gasteiger partial charge < -0.3 is 19.5 Å². The quantitative estimate of drug-likeness (QED) is 0.469. The van der Waals surface area contributed by atoms with Gasteiger partial charge in [-0.15, -0.1) is 0 Å². The SMILES string of the molecule is CCCCN1CCn2cc(C(=O)NCc3c(F)cc(F)cc3F)c(=O)c(OCc3ccccc3)c2C1=O. The molecule has 2 amide bonds. The number of amides is 2. The van der Waals surface area contributed by atoms with Gasteiger partial charge in [0.15, 0.2) is 11.4 Å². The second kappa shape index (κ2) is 11.3. The molecule has 194 valence electrons. The minimum Gasteiger partial charge on any atom is -0.483 e. The number of ether oxygens (including phenoxy) is 1. The molecule has 1 N–H and O–H groups in total. The first-order valence-corrected chi connectivity index (χ1v) is 11.9. The fraction of sp³-hybridized carbons (Fsp3) is 0.296. The Hall–Kier alpha value is -4.08. The van der Waals surface area contributed by atoms with Crippen molar-refractivity contribution in [2.45, 2.75) is 39.5 Å². The highest BCUT2D eigenvalue weighted by Crippen LogP contribution is 2.23. The molecular weight excluding hydrogens is 487 g/mol. The fourth-order valence-electron chi connectivity index (χ4n) is 4.11. The lowest BCUT2D eigenvalue weighted by Crippen LogP contribution is -2.43.